The summed E-state index contributed by atoms with van der Waals surface area (Å²) in [5.41, 5.74) is 3.73. The Bertz CT molecular complexity index is 7580. The number of hydrogen-bond donors (Lipinski definition) is 2. The van der Waals surface area contributed by atoms with Crippen LogP contribution in [0, 0.1) is 38.5 Å². The molecule has 17 aromatic rings. The third-order valence-electron chi connectivity index (χ3n) is 21.4. The zero-order chi connectivity index (χ0) is 93.9. The Hall–Kier alpha value is -12.9. The molecule has 38 heteroatoms. The van der Waals surface area contributed by atoms with Gasteiger partial charge in [0.1, 0.15) is 16.6 Å². The highest BCUT2D eigenvalue weighted by molar-refractivity contribution is 14.1. The lowest BCUT2D eigenvalue weighted by Gasteiger charge is -2.32. The van der Waals surface area contributed by atoms with Gasteiger partial charge in [-0.25, -0.2) is 66.1 Å². The van der Waals surface area contributed by atoms with Crippen molar-refractivity contribution >= 4 is 139 Å². The molecule has 0 bridgehead atoms. The lowest BCUT2D eigenvalue weighted by Crippen LogP contribution is -2.41. The number of rotatable bonds is 25. The van der Waals surface area contributed by atoms with Gasteiger partial charge in [0.25, 0.3) is 36.7 Å². The van der Waals surface area contributed by atoms with Crippen LogP contribution in [0.15, 0.2) is 287 Å². The quantitative estimate of drug-likeness (QED) is 0.0232. The van der Waals surface area contributed by atoms with Crippen LogP contribution in [-0.2, 0) is 68.3 Å². The highest BCUT2D eigenvalue weighted by Crippen LogP contribution is 2.39. The van der Waals surface area contributed by atoms with Crippen LogP contribution in [0.25, 0.3) is 54.4 Å². The first-order valence-electron chi connectivity index (χ1n) is 40.5. The average molecular weight is 2030 g/mol. The van der Waals surface area contributed by atoms with Crippen LogP contribution in [0.3, 0.4) is 0 Å². The van der Waals surface area contributed by atoms with Crippen LogP contribution in [0.1, 0.15) is 124 Å². The number of carbonyl (C=O) groups is 3. The number of ketones is 3. The normalized spacial score (nSPS) is 12.6. The van der Waals surface area contributed by atoms with E-state index in [4.69, 9.17) is 14.4 Å². The Labute approximate surface area is 791 Å². The topological polar surface area (TPSA) is 327 Å². The molecule has 13 heterocycles. The highest BCUT2D eigenvalue weighted by atomic mass is 127. The first kappa shape index (κ1) is 100. The molecule has 25 nitrogen and oxygen atoms in total. The number of nitrogens with one attached hydrogen (secondary N) is 1. The van der Waals surface area contributed by atoms with Gasteiger partial charge in [0.15, 0.2) is 69.2 Å². The highest BCUT2D eigenvalue weighted by Gasteiger charge is 2.52. The summed E-state index contributed by atoms with van der Waals surface area (Å²) in [7, 11) is -7.01. The number of H-pyrrole nitrogens is 1. The van der Waals surface area contributed by atoms with Crippen molar-refractivity contribution in [2.45, 2.75) is 122 Å². The molecule has 1 aliphatic heterocycles. The monoisotopic (exact) mass is 2030 g/mol. The van der Waals surface area contributed by atoms with Crippen LogP contribution in [0.2, 0.25) is 0 Å². The maximum atomic E-state index is 13.6. The number of pyridine rings is 3. The fourth-order valence-electron chi connectivity index (χ4n) is 14.0. The molecule has 0 amide bonds. The minimum absolute atomic E-state index is 0. The number of thiophene rings is 3. The molecule has 0 spiro atoms. The van der Waals surface area contributed by atoms with Gasteiger partial charge < -0.3 is 33.1 Å². The molecular formula is C96H86BF6IN12O13S5. The van der Waals surface area contributed by atoms with E-state index in [2.05, 4.69) is 57.5 Å². The molecule has 1 aliphatic rings. The van der Waals surface area contributed by atoms with Gasteiger partial charge in [-0.05, 0) is 214 Å². The predicted octanol–water partition coefficient (Wildman–Crippen LogP) is 18.2. The van der Waals surface area contributed by atoms with E-state index >= 15 is 0 Å². The number of Topliss-reactive ketones (excluding diaryl/α,β-unsaturated/α-hetero) is 3. The molecule has 1 saturated heterocycles. The number of aromatic nitrogens is 12. The van der Waals surface area contributed by atoms with Gasteiger partial charge >= 0.3 is 7.12 Å². The number of carbonyl (C=O) groups excluding carboxylic acids is 3. The molecule has 0 radical (unpaired) electrons. The van der Waals surface area contributed by atoms with Crippen LogP contribution in [0.4, 0.5) is 26.3 Å². The Morgan fingerprint density at radius 1 is 0.433 bits per heavy atom. The van der Waals surface area contributed by atoms with E-state index in [9.17, 15) is 71.9 Å². The summed E-state index contributed by atoms with van der Waals surface area (Å²) in [5.74, 6) is -6.73. The zero-order valence-electron chi connectivity index (χ0n) is 70.7. The molecule has 0 saturated carbocycles. The molecule has 0 atom stereocenters. The molecule has 0 unspecified atom stereocenters. The number of hydrogen-bond acceptors (Lipinski definition) is 22. The van der Waals surface area contributed by atoms with E-state index < -0.39 is 89.9 Å². The summed E-state index contributed by atoms with van der Waals surface area (Å²) in [6, 6.07) is 47.4. The number of nitrogens with zero attached hydrogens (tertiary/aromatic N) is 11. The van der Waals surface area contributed by atoms with Gasteiger partial charge in [0, 0.05) is 141 Å². The van der Waals surface area contributed by atoms with Crippen LogP contribution >= 0.6 is 56.6 Å². The van der Waals surface area contributed by atoms with Crippen molar-refractivity contribution in [3.8, 4) is 20.9 Å². The summed E-state index contributed by atoms with van der Waals surface area (Å²) in [6.45, 7) is 8.07. The lowest BCUT2D eigenvalue weighted by molar-refractivity contribution is 0.00578. The SMILES string of the molecule is C.C.CC1(C)OB(c2ccc(CCC(=O)c3cccn(Cc4ccc(F)c(F)c4)c3=O)s2)OC1(C)C.CO.O=C(CCc1ccc(-c2c[nH]c3nccnc23)s1)c1cccn(Cc2ccc(F)c(F)c2)c1=O.O=C(CCc1ccc(-c2cn(S(=O)(=O)c3ccccc3)c3nccnc23)s1)c1cccn(Cc2ccc(F)c(F)c2)c1=O.O=S(=O)(c1ccccc1)n1cc(I)c2nccnc21. The number of aromatic amines is 1. The van der Waals surface area contributed by atoms with Crippen LogP contribution in [-0.4, -0.2) is 121 Å². The van der Waals surface area contributed by atoms with Gasteiger partial charge in [0.05, 0.1) is 60.9 Å². The second-order valence-corrected chi connectivity index (χ2v) is 39.0. The number of aryl methyl sites for hydroxylation is 3. The van der Waals surface area contributed by atoms with Crippen molar-refractivity contribution in [1.82, 2.24) is 56.5 Å². The number of halogens is 7. The Kier molecular flexibility index (Phi) is 32.4. The van der Waals surface area contributed by atoms with Gasteiger partial charge in [-0.3, -0.25) is 43.7 Å². The Balaban J connectivity index is 0.000000164. The van der Waals surface area contributed by atoms with E-state index in [1.807, 2.05) is 70.3 Å². The van der Waals surface area contributed by atoms with Crippen molar-refractivity contribution in [3.05, 3.63) is 380 Å². The van der Waals surface area contributed by atoms with Gasteiger partial charge in [0.2, 0.25) is 0 Å². The largest absolute Gasteiger partial charge is 0.505 e. The van der Waals surface area contributed by atoms with E-state index in [1.165, 1.54) is 138 Å². The molecule has 18 rings (SSSR count). The average Bonchev–Trinajstić information content (AvgIpc) is 1.60. The minimum Gasteiger partial charge on any atom is -0.400 e. The molecule has 690 valence electrons. The van der Waals surface area contributed by atoms with Crippen molar-refractivity contribution < 1.29 is 72.0 Å². The molecule has 0 aliphatic carbocycles. The molecule has 134 heavy (non-hydrogen) atoms. The first-order chi connectivity index (χ1) is 63.3. The first-order valence-corrected chi connectivity index (χ1v) is 47.0. The molecule has 2 N–H and O–H groups in total. The number of benzene rings is 5. The summed E-state index contributed by atoms with van der Waals surface area (Å²) < 4.78 is 152. The number of aliphatic hydroxyl groups excluding tert-OH is 1. The summed E-state index contributed by atoms with van der Waals surface area (Å²) in [6.07, 6.45) is 20.4. The van der Waals surface area contributed by atoms with E-state index in [0.717, 1.165) is 91.3 Å². The molecule has 1 fully saturated rings. The van der Waals surface area contributed by atoms with Gasteiger partial charge in [-0.1, -0.05) is 75.5 Å². The third-order valence-corrected chi connectivity index (χ3v) is 29.1. The van der Waals surface area contributed by atoms with E-state index in [1.54, 1.807) is 96.7 Å². The Morgan fingerprint density at radius 3 is 1.22 bits per heavy atom. The van der Waals surface area contributed by atoms with Crippen molar-refractivity contribution in [1.29, 1.82) is 0 Å². The standard InChI is InChI=1S/C31H22F2N4O4S2.C25H26BF2NO4S.C25H18F2N4O2S.C12H8IN3O2S.CH4O.2CH4/c32-25-11-8-20(17-26(25)33)18-36-16-4-7-23(31(36)39)27(38)12-9-21-10-13-28(42-21)24-19-37(30-29(24)34-14-15-35-30)43(40,41)22-5-2-1-3-6-22;1-24(2)25(3,4)33-26(32-24)22-12-9-17(34-22)8-11-21(30)18-6-5-13-29(23(18)31)15-16-7-10-19(27)20(28)14-16;26-19-6-3-15(12-20(19)27)14-31-11-1-2-17(25(31)33)21(32)7-4-16-5-8-22(34-16)18-13-30-24-23(18)28-9-10-29-24;13-10-8-16(12-11(10)14-6-7-15-12)19(17,18)9-4-2-1-3-5-9;1-2;;/h1-8,10-11,13-17,19H,9,12,18H2;5-7,9-10,12-14H,8,11,15H2,1-4H3;1-3,5-6,8-13H,4,7,14H2,(H,29,30);1-8H;2H,1H3;2*1H4. The summed E-state index contributed by atoms with van der Waals surface area (Å²) in [4.78, 5) is 111. The Morgan fingerprint density at radius 2 is 0.799 bits per heavy atom. The fraction of sp³-hybridized carbons (Fsp3) is 0.188. The maximum Gasteiger partial charge on any atom is 0.505 e. The van der Waals surface area contributed by atoms with Gasteiger partial charge in [-0.15, -0.1) is 34.0 Å². The number of aliphatic hydroxyl groups is 1. The molecule has 5 aromatic carbocycles. The lowest BCUT2D eigenvalue weighted by atomic mass is 9.88. The van der Waals surface area contributed by atoms with Crippen molar-refractivity contribution in [3.63, 3.8) is 0 Å². The summed E-state index contributed by atoms with van der Waals surface area (Å²) in [5, 5.41) is 7.00. The van der Waals surface area contributed by atoms with Crippen molar-refractivity contribution in [2.75, 3.05) is 7.11 Å². The maximum absolute atomic E-state index is 13.6. The fourth-order valence-corrected chi connectivity index (χ4v) is 20.5. The summed E-state index contributed by atoms with van der Waals surface area (Å²) >= 11 is 6.54. The minimum atomic E-state index is -3.92. The van der Waals surface area contributed by atoms with Crippen LogP contribution in [0.5, 0.6) is 0 Å². The third kappa shape index (κ3) is 22.6. The van der Waals surface area contributed by atoms with Crippen molar-refractivity contribution in [2.24, 2.45) is 0 Å². The number of fused-ring (bicyclic) bond motifs is 3. The molecule has 12 aromatic heterocycles. The smallest absolute Gasteiger partial charge is 0.400 e. The van der Waals surface area contributed by atoms with Gasteiger partial charge in [-0.2, -0.15) is 0 Å². The zero-order valence-corrected chi connectivity index (χ0v) is 77.0. The predicted molar refractivity (Wildman–Crippen MR) is 514 cm³/mol. The van der Waals surface area contributed by atoms with E-state index in [-0.39, 0.29) is 103 Å². The second kappa shape index (κ2) is 43.4. The molecular weight excluding hydrogens is 1940 g/mol. The second-order valence-electron chi connectivity index (χ2n) is 30.7. The van der Waals surface area contributed by atoms with E-state index in [0.29, 0.717) is 63.8 Å². The van der Waals surface area contributed by atoms with Crippen LogP contribution < -0.4 is 21.5 Å².